The van der Waals surface area contributed by atoms with Crippen LogP contribution in [0.2, 0.25) is 0 Å². The second-order valence-electron chi connectivity index (χ2n) is 6.86. The number of anilines is 2. The number of carbonyl (C=O) groups is 2. The zero-order chi connectivity index (χ0) is 21.0. The Morgan fingerprint density at radius 2 is 1.62 bits per heavy atom. The number of hydrogen-bond donors (Lipinski definition) is 1. The van der Waals surface area contributed by atoms with E-state index in [1.54, 1.807) is 6.08 Å². The summed E-state index contributed by atoms with van der Waals surface area (Å²) in [5.74, 6) is 0.230. The van der Waals surface area contributed by atoms with Gasteiger partial charge in [-0.05, 0) is 60.9 Å². The monoisotopic (exact) mass is 431 g/mol. The smallest absolute Gasteiger partial charge is 0.282 e. The lowest BCUT2D eigenvalue weighted by molar-refractivity contribution is -0.117. The third kappa shape index (κ3) is 4.74. The highest BCUT2D eigenvalue weighted by molar-refractivity contribution is 6.31. The number of amides is 2. The fourth-order valence-electron chi connectivity index (χ4n) is 3.13. The molecule has 0 radical (unpaired) electrons. The molecule has 152 valence electrons. The topological polar surface area (TPSA) is 52.7 Å². The molecule has 0 atom stereocenters. The van der Waals surface area contributed by atoms with Crippen molar-refractivity contribution >= 4 is 52.5 Å². The zero-order valence-electron chi connectivity index (χ0n) is 16.4. The second-order valence-corrected chi connectivity index (χ2v) is 7.62. The summed E-state index contributed by atoms with van der Waals surface area (Å²) >= 11 is 11.7. The Kier molecular flexibility index (Phi) is 6.83. The number of hydrazine groups is 1. The summed E-state index contributed by atoms with van der Waals surface area (Å²) in [7, 11) is 0. The van der Waals surface area contributed by atoms with Crippen LogP contribution in [0.5, 0.6) is 0 Å². The maximum absolute atomic E-state index is 12.8. The van der Waals surface area contributed by atoms with Crippen LogP contribution in [0.15, 0.2) is 48.0 Å². The Labute approximate surface area is 180 Å². The van der Waals surface area contributed by atoms with Gasteiger partial charge in [0.25, 0.3) is 11.8 Å². The van der Waals surface area contributed by atoms with Crippen LogP contribution < -0.4 is 15.3 Å². The van der Waals surface area contributed by atoms with E-state index in [0.717, 1.165) is 22.4 Å². The van der Waals surface area contributed by atoms with E-state index in [4.69, 9.17) is 23.2 Å². The molecule has 2 amide bonds. The van der Waals surface area contributed by atoms with E-state index < -0.39 is 5.91 Å². The number of rotatable bonds is 7. The Balaban J connectivity index is 1.81. The highest BCUT2D eigenvalue weighted by Crippen LogP contribution is 2.24. The molecule has 1 aliphatic heterocycles. The summed E-state index contributed by atoms with van der Waals surface area (Å²) in [4.78, 5) is 27.3. The minimum absolute atomic E-state index is 0.106. The van der Waals surface area contributed by atoms with Gasteiger partial charge in [0.2, 0.25) is 0 Å². The predicted octanol–water partition coefficient (Wildman–Crippen LogP) is 4.05. The van der Waals surface area contributed by atoms with Gasteiger partial charge in [0.15, 0.2) is 0 Å². The maximum atomic E-state index is 12.8. The van der Waals surface area contributed by atoms with Crippen LogP contribution in [0.4, 0.5) is 11.4 Å². The summed E-state index contributed by atoms with van der Waals surface area (Å²) in [5.41, 5.74) is 7.33. The summed E-state index contributed by atoms with van der Waals surface area (Å²) in [5, 5.41) is 1.29. The summed E-state index contributed by atoms with van der Waals surface area (Å²) in [6.45, 7) is 5.36. The number of carbonyl (C=O) groups excluding carboxylic acids is 2. The van der Waals surface area contributed by atoms with Gasteiger partial charge < -0.3 is 4.90 Å². The zero-order valence-corrected chi connectivity index (χ0v) is 17.9. The number of hydrogen-bond acceptors (Lipinski definition) is 3. The summed E-state index contributed by atoms with van der Waals surface area (Å²) < 4.78 is 0. The molecule has 29 heavy (non-hydrogen) atoms. The molecule has 0 spiro atoms. The van der Waals surface area contributed by atoms with Crippen molar-refractivity contribution in [2.24, 2.45) is 0 Å². The Morgan fingerprint density at radius 3 is 2.21 bits per heavy atom. The molecule has 0 saturated carbocycles. The molecule has 2 aromatic rings. The average Bonchev–Trinajstić information content (AvgIpc) is 2.99. The largest absolute Gasteiger partial charge is 0.369 e. The molecule has 5 nitrogen and oxygen atoms in total. The van der Waals surface area contributed by atoms with Crippen molar-refractivity contribution in [3.05, 3.63) is 64.7 Å². The second kappa shape index (κ2) is 9.33. The first-order valence-corrected chi connectivity index (χ1v) is 10.4. The first-order chi connectivity index (χ1) is 13.9. The van der Waals surface area contributed by atoms with Crippen LogP contribution in [0.1, 0.15) is 16.7 Å². The van der Waals surface area contributed by atoms with E-state index in [-0.39, 0.29) is 11.5 Å². The van der Waals surface area contributed by atoms with E-state index >= 15 is 0 Å². The molecule has 3 rings (SSSR count). The van der Waals surface area contributed by atoms with Crippen molar-refractivity contribution in [3.8, 4) is 0 Å². The Bertz CT molecular complexity index is 936. The van der Waals surface area contributed by atoms with E-state index in [2.05, 4.69) is 10.3 Å². The van der Waals surface area contributed by atoms with Gasteiger partial charge in [-0.3, -0.25) is 15.0 Å². The molecule has 7 heteroatoms. The van der Waals surface area contributed by atoms with Crippen molar-refractivity contribution in [1.29, 1.82) is 0 Å². The molecular formula is C22H23Cl2N3O2. The molecule has 1 N–H and O–H groups in total. The molecule has 1 aliphatic rings. The van der Waals surface area contributed by atoms with Crippen molar-refractivity contribution in [2.75, 3.05) is 34.8 Å². The number of alkyl halides is 2. The van der Waals surface area contributed by atoms with Gasteiger partial charge in [0.1, 0.15) is 5.57 Å². The quantitative estimate of drug-likeness (QED) is 0.408. The maximum Gasteiger partial charge on any atom is 0.282 e. The summed E-state index contributed by atoms with van der Waals surface area (Å²) in [6, 6.07) is 13.2. The van der Waals surface area contributed by atoms with Crippen molar-refractivity contribution in [2.45, 2.75) is 13.8 Å². The molecule has 0 aliphatic carbocycles. The molecule has 1 fully saturated rings. The third-order valence-electron chi connectivity index (χ3n) is 4.92. The van der Waals surface area contributed by atoms with Gasteiger partial charge in [-0.15, -0.1) is 23.2 Å². The predicted molar refractivity (Wildman–Crippen MR) is 120 cm³/mol. The number of halogens is 2. The van der Waals surface area contributed by atoms with Gasteiger partial charge in [-0.25, -0.2) is 5.01 Å². The minimum Gasteiger partial charge on any atom is -0.369 e. The van der Waals surface area contributed by atoms with Gasteiger partial charge in [-0.1, -0.05) is 18.2 Å². The lowest BCUT2D eigenvalue weighted by Crippen LogP contribution is -2.35. The lowest BCUT2D eigenvalue weighted by Gasteiger charge is -2.22. The van der Waals surface area contributed by atoms with Crippen molar-refractivity contribution < 1.29 is 9.59 Å². The number of benzene rings is 2. The first kappa shape index (κ1) is 21.2. The van der Waals surface area contributed by atoms with Crippen LogP contribution in [-0.2, 0) is 9.59 Å². The van der Waals surface area contributed by atoms with Crippen molar-refractivity contribution in [3.63, 3.8) is 0 Å². The van der Waals surface area contributed by atoms with Gasteiger partial charge >= 0.3 is 0 Å². The third-order valence-corrected chi connectivity index (χ3v) is 5.26. The summed E-state index contributed by atoms with van der Waals surface area (Å²) in [6.07, 6.45) is 1.61. The first-order valence-electron chi connectivity index (χ1n) is 9.36. The van der Waals surface area contributed by atoms with Crippen LogP contribution in [0.25, 0.3) is 6.08 Å². The van der Waals surface area contributed by atoms with Crippen LogP contribution in [0.3, 0.4) is 0 Å². The fraction of sp³-hybridized carbons (Fsp3) is 0.273. The van der Waals surface area contributed by atoms with Gasteiger partial charge in [-0.2, -0.15) is 0 Å². The standard InChI is InChI=1S/C22H23Cl2N3O2/c1-15-3-6-19(13-16(15)2)27-22(29)20(21(28)25-27)14-17-4-7-18(8-5-17)26(11-9-23)12-10-24/h3-8,13-14H,9-12H2,1-2H3,(H,25,28)/b20-14-. The van der Waals surface area contributed by atoms with Crippen LogP contribution in [-0.4, -0.2) is 36.7 Å². The number of nitrogens with zero attached hydrogens (tertiary/aromatic N) is 2. The number of nitrogens with one attached hydrogen (secondary N) is 1. The average molecular weight is 432 g/mol. The highest BCUT2D eigenvalue weighted by atomic mass is 35.5. The molecule has 0 unspecified atom stereocenters. The molecule has 0 bridgehead atoms. The van der Waals surface area contributed by atoms with Crippen LogP contribution >= 0.6 is 23.2 Å². The Hall–Kier alpha value is -2.50. The van der Waals surface area contributed by atoms with Gasteiger partial charge in [0.05, 0.1) is 5.69 Å². The lowest BCUT2D eigenvalue weighted by atomic mass is 10.1. The van der Waals surface area contributed by atoms with Gasteiger partial charge in [0, 0.05) is 30.5 Å². The van der Waals surface area contributed by atoms with Crippen molar-refractivity contribution in [1.82, 2.24) is 5.43 Å². The van der Waals surface area contributed by atoms with Crippen LogP contribution in [0, 0.1) is 13.8 Å². The molecular weight excluding hydrogens is 409 g/mol. The molecule has 1 heterocycles. The fourth-order valence-corrected chi connectivity index (χ4v) is 3.53. The number of aryl methyl sites for hydroxylation is 2. The van der Waals surface area contributed by atoms with E-state index in [1.807, 2.05) is 56.3 Å². The molecule has 2 aromatic carbocycles. The minimum atomic E-state index is -0.414. The highest BCUT2D eigenvalue weighted by Gasteiger charge is 2.34. The van der Waals surface area contributed by atoms with E-state index in [0.29, 0.717) is 30.5 Å². The van der Waals surface area contributed by atoms with E-state index in [9.17, 15) is 9.59 Å². The Morgan fingerprint density at radius 1 is 0.966 bits per heavy atom. The molecule has 0 aromatic heterocycles. The van der Waals surface area contributed by atoms with E-state index in [1.165, 1.54) is 5.01 Å². The SMILES string of the molecule is Cc1ccc(N2NC(=O)/C(=C/c3ccc(N(CCCl)CCCl)cc3)C2=O)cc1C. The molecule has 1 saturated heterocycles. The normalized spacial score (nSPS) is 15.2.